The molecule has 5 heterocycles. The maximum absolute atomic E-state index is 12.5. The lowest BCUT2D eigenvalue weighted by Crippen LogP contribution is -2.28. The summed E-state index contributed by atoms with van der Waals surface area (Å²) in [5.41, 5.74) is 3.68. The Labute approximate surface area is 195 Å². The van der Waals surface area contributed by atoms with Gasteiger partial charge in [0, 0.05) is 54.1 Å². The van der Waals surface area contributed by atoms with Crippen molar-refractivity contribution in [1.29, 1.82) is 0 Å². The largest absolute Gasteiger partial charge is 0.490 e. The number of carboxylic acids is 1. The number of fused-ring (bicyclic) bond motifs is 1. The number of rotatable bonds is 3. The van der Waals surface area contributed by atoms with Crippen LogP contribution in [0.25, 0.3) is 16.8 Å². The highest BCUT2D eigenvalue weighted by molar-refractivity contribution is 7.08. The molecule has 4 aromatic rings. The SMILES string of the molecule is O=C(O)C(F)(F)F.O=C(c1ccsc1)N1CCC(c2nc3ccc(-c4cccnc4)cn3n2)C1. The van der Waals surface area contributed by atoms with Crippen molar-refractivity contribution < 1.29 is 27.9 Å². The van der Waals surface area contributed by atoms with E-state index >= 15 is 0 Å². The molecule has 5 rings (SSSR count). The van der Waals surface area contributed by atoms with Gasteiger partial charge in [0.15, 0.2) is 11.5 Å². The molecule has 0 radical (unpaired) electrons. The summed E-state index contributed by atoms with van der Waals surface area (Å²) >= 11 is 1.55. The maximum atomic E-state index is 12.5. The summed E-state index contributed by atoms with van der Waals surface area (Å²) in [6.45, 7) is 1.41. The molecule has 4 aromatic heterocycles. The zero-order chi connectivity index (χ0) is 24.3. The van der Waals surface area contributed by atoms with Gasteiger partial charge in [-0.15, -0.1) is 0 Å². The second kappa shape index (κ2) is 9.59. The Kier molecular flexibility index (Phi) is 6.59. The first-order chi connectivity index (χ1) is 16.2. The van der Waals surface area contributed by atoms with Crippen molar-refractivity contribution in [3.8, 4) is 11.1 Å². The Bertz CT molecular complexity index is 1290. The Hall–Kier alpha value is -3.80. The molecule has 1 atom stereocenters. The van der Waals surface area contributed by atoms with Crippen LogP contribution in [-0.4, -0.2) is 60.7 Å². The summed E-state index contributed by atoms with van der Waals surface area (Å²) in [5.74, 6) is -1.68. The normalized spacial score (nSPS) is 15.7. The number of pyridine rings is 2. The fraction of sp³-hybridized carbons (Fsp3) is 0.227. The minimum Gasteiger partial charge on any atom is -0.475 e. The van der Waals surface area contributed by atoms with Crippen LogP contribution in [0, 0.1) is 0 Å². The first kappa shape index (κ1) is 23.4. The molecule has 1 fully saturated rings. The van der Waals surface area contributed by atoms with E-state index in [4.69, 9.17) is 9.90 Å². The van der Waals surface area contributed by atoms with Crippen molar-refractivity contribution in [2.24, 2.45) is 0 Å². The Balaban J connectivity index is 0.000000344. The summed E-state index contributed by atoms with van der Waals surface area (Å²) < 4.78 is 33.6. The van der Waals surface area contributed by atoms with Gasteiger partial charge in [-0.1, -0.05) is 6.07 Å². The molecule has 8 nitrogen and oxygen atoms in total. The molecular weight excluding hydrogens is 471 g/mol. The summed E-state index contributed by atoms with van der Waals surface area (Å²) in [5, 5.41) is 15.6. The summed E-state index contributed by atoms with van der Waals surface area (Å²) in [7, 11) is 0. The number of nitrogens with zero attached hydrogens (tertiary/aromatic N) is 5. The molecule has 0 spiro atoms. The Morgan fingerprint density at radius 2 is 1.94 bits per heavy atom. The standard InChI is InChI=1S/C20H17N5OS.C2HF3O2/c26-20(17-6-9-27-13-17)24-8-5-16(11-24)19-22-18-4-3-15(12-25(18)23-19)14-2-1-7-21-10-14;3-2(4,5)1(6)7/h1-4,6-7,9-10,12-13,16H,5,8,11H2;(H,6,7). The van der Waals surface area contributed by atoms with E-state index in [1.54, 1.807) is 17.5 Å². The zero-order valence-electron chi connectivity index (χ0n) is 17.5. The zero-order valence-corrected chi connectivity index (χ0v) is 18.3. The molecular formula is C22H18F3N5O3S. The number of thiophene rings is 1. The van der Waals surface area contributed by atoms with E-state index in [0.29, 0.717) is 6.54 Å². The van der Waals surface area contributed by atoms with Crippen molar-refractivity contribution in [2.75, 3.05) is 13.1 Å². The van der Waals surface area contributed by atoms with Gasteiger partial charge in [-0.05, 0) is 36.1 Å². The van der Waals surface area contributed by atoms with Gasteiger partial charge in [0.25, 0.3) is 5.91 Å². The van der Waals surface area contributed by atoms with Crippen molar-refractivity contribution in [3.63, 3.8) is 0 Å². The first-order valence-electron chi connectivity index (χ1n) is 10.1. The number of carbonyl (C=O) groups is 2. The van der Waals surface area contributed by atoms with Crippen LogP contribution in [0.5, 0.6) is 0 Å². The number of amides is 1. The van der Waals surface area contributed by atoms with Crippen molar-refractivity contribution in [2.45, 2.75) is 18.5 Å². The monoisotopic (exact) mass is 489 g/mol. The van der Waals surface area contributed by atoms with E-state index in [0.717, 1.165) is 41.1 Å². The third kappa shape index (κ3) is 5.22. The third-order valence-corrected chi connectivity index (χ3v) is 5.88. The topological polar surface area (TPSA) is 101 Å². The average molecular weight is 489 g/mol. The first-order valence-corrected chi connectivity index (χ1v) is 11.0. The predicted octanol–water partition coefficient (Wildman–Crippen LogP) is 4.12. The van der Waals surface area contributed by atoms with Crippen LogP contribution in [0.3, 0.4) is 0 Å². The minimum absolute atomic E-state index is 0.0985. The molecule has 34 heavy (non-hydrogen) atoms. The number of hydrogen-bond donors (Lipinski definition) is 1. The molecule has 1 unspecified atom stereocenters. The van der Waals surface area contributed by atoms with E-state index in [1.807, 2.05) is 62.9 Å². The van der Waals surface area contributed by atoms with Crippen molar-refractivity contribution >= 4 is 28.9 Å². The highest BCUT2D eigenvalue weighted by atomic mass is 32.1. The van der Waals surface area contributed by atoms with Crippen molar-refractivity contribution in [1.82, 2.24) is 24.5 Å². The van der Waals surface area contributed by atoms with Crippen LogP contribution < -0.4 is 0 Å². The number of hydrogen-bond acceptors (Lipinski definition) is 6. The van der Waals surface area contributed by atoms with E-state index in [9.17, 15) is 18.0 Å². The minimum atomic E-state index is -5.08. The Morgan fingerprint density at radius 1 is 1.15 bits per heavy atom. The number of likely N-dealkylation sites (tertiary alicyclic amines) is 1. The molecule has 1 saturated heterocycles. The van der Waals surface area contributed by atoms with Gasteiger partial charge in [0.2, 0.25) is 0 Å². The smallest absolute Gasteiger partial charge is 0.475 e. The summed E-state index contributed by atoms with van der Waals surface area (Å²) in [6, 6.07) is 9.83. The number of aliphatic carboxylic acids is 1. The van der Waals surface area contributed by atoms with Crippen LogP contribution in [0.15, 0.2) is 59.7 Å². The second-order valence-electron chi connectivity index (χ2n) is 7.48. The molecule has 0 saturated carbocycles. The number of halogens is 3. The van der Waals surface area contributed by atoms with Gasteiger partial charge in [-0.3, -0.25) is 9.78 Å². The van der Waals surface area contributed by atoms with Crippen LogP contribution >= 0.6 is 11.3 Å². The fourth-order valence-electron chi connectivity index (χ4n) is 3.50. The lowest BCUT2D eigenvalue weighted by atomic mass is 10.1. The molecule has 12 heteroatoms. The summed E-state index contributed by atoms with van der Waals surface area (Å²) in [6.07, 6.45) is 1.39. The fourth-order valence-corrected chi connectivity index (χ4v) is 4.13. The van der Waals surface area contributed by atoms with E-state index in [1.165, 1.54) is 0 Å². The van der Waals surface area contributed by atoms with Crippen LogP contribution in [0.1, 0.15) is 28.5 Å². The molecule has 0 aromatic carbocycles. The predicted molar refractivity (Wildman–Crippen MR) is 117 cm³/mol. The molecule has 1 aliphatic rings. The van der Waals surface area contributed by atoms with Crippen molar-refractivity contribution in [3.05, 3.63) is 71.1 Å². The second-order valence-corrected chi connectivity index (χ2v) is 8.26. The lowest BCUT2D eigenvalue weighted by molar-refractivity contribution is -0.192. The number of carboxylic acid groups (broad SMARTS) is 1. The highest BCUT2D eigenvalue weighted by Crippen LogP contribution is 2.27. The van der Waals surface area contributed by atoms with Crippen LogP contribution in [0.2, 0.25) is 0 Å². The molecule has 0 bridgehead atoms. The number of aromatic nitrogens is 4. The maximum Gasteiger partial charge on any atom is 0.490 e. The van der Waals surface area contributed by atoms with E-state index in [2.05, 4.69) is 15.1 Å². The van der Waals surface area contributed by atoms with Gasteiger partial charge < -0.3 is 10.0 Å². The van der Waals surface area contributed by atoms with Crippen LogP contribution in [-0.2, 0) is 4.79 Å². The quantitative estimate of drug-likeness (QED) is 0.465. The van der Waals surface area contributed by atoms with Gasteiger partial charge in [0.05, 0.1) is 5.56 Å². The van der Waals surface area contributed by atoms with E-state index in [-0.39, 0.29) is 11.8 Å². The lowest BCUT2D eigenvalue weighted by Gasteiger charge is -2.14. The molecule has 1 amide bonds. The average Bonchev–Trinajstić information content (AvgIpc) is 3.59. The highest BCUT2D eigenvalue weighted by Gasteiger charge is 2.38. The molecule has 1 N–H and O–H groups in total. The van der Waals surface area contributed by atoms with E-state index < -0.39 is 12.1 Å². The Morgan fingerprint density at radius 3 is 2.59 bits per heavy atom. The number of alkyl halides is 3. The summed E-state index contributed by atoms with van der Waals surface area (Å²) in [4.78, 5) is 32.2. The molecule has 0 aliphatic carbocycles. The third-order valence-electron chi connectivity index (χ3n) is 5.19. The van der Waals surface area contributed by atoms with Gasteiger partial charge in [0.1, 0.15) is 0 Å². The molecule has 1 aliphatic heterocycles. The van der Waals surface area contributed by atoms with Gasteiger partial charge in [-0.2, -0.15) is 29.6 Å². The van der Waals surface area contributed by atoms with Gasteiger partial charge >= 0.3 is 12.1 Å². The number of carbonyl (C=O) groups excluding carboxylic acids is 1. The molecule has 176 valence electrons. The van der Waals surface area contributed by atoms with Crippen LogP contribution in [0.4, 0.5) is 13.2 Å². The van der Waals surface area contributed by atoms with Gasteiger partial charge in [-0.25, -0.2) is 14.3 Å².